The molecule has 4 heterocycles. The quantitative estimate of drug-likeness (QED) is 0.501. The molecule has 2 atom stereocenters. The summed E-state index contributed by atoms with van der Waals surface area (Å²) in [6, 6.07) is 8.76. The molecule has 2 saturated heterocycles. The van der Waals surface area contributed by atoms with Gasteiger partial charge < -0.3 is 24.3 Å². The van der Waals surface area contributed by atoms with Gasteiger partial charge in [-0.1, -0.05) is 30.3 Å². The van der Waals surface area contributed by atoms with Crippen LogP contribution in [0.25, 0.3) is 0 Å². The number of hydrogen-bond acceptors (Lipinski definition) is 7. The summed E-state index contributed by atoms with van der Waals surface area (Å²) < 4.78 is 6.36. The van der Waals surface area contributed by atoms with Crippen molar-refractivity contribution in [3.63, 3.8) is 0 Å². The van der Waals surface area contributed by atoms with Crippen LogP contribution in [0, 0.1) is 18.3 Å². The van der Waals surface area contributed by atoms with Crippen LogP contribution >= 0.6 is 11.6 Å². The Balaban J connectivity index is 1.54. The average Bonchev–Trinajstić information content (AvgIpc) is 3.34. The highest BCUT2D eigenvalue weighted by Gasteiger charge is 2.34. The number of nitrogens with zero attached hydrogens (tertiary/aromatic N) is 6. The second-order valence-electron chi connectivity index (χ2n) is 10.9. The summed E-state index contributed by atoms with van der Waals surface area (Å²) in [7, 11) is 2.12. The number of halogens is 1. The third-order valence-corrected chi connectivity index (χ3v) is 8.70. The van der Waals surface area contributed by atoms with E-state index >= 15 is 0 Å². The number of piperazine rings is 1. The smallest absolute Gasteiger partial charge is 0.246 e. The number of ether oxygens (including phenoxy) is 1. The molecule has 39 heavy (non-hydrogen) atoms. The molecule has 1 aromatic carbocycles. The van der Waals surface area contributed by atoms with Crippen LogP contribution in [0.15, 0.2) is 30.9 Å². The van der Waals surface area contributed by atoms with Gasteiger partial charge in [-0.25, -0.2) is 4.98 Å². The Morgan fingerprint density at radius 3 is 2.77 bits per heavy atom. The topological polar surface area (TPSA) is 75.9 Å². The number of amides is 1. The molecule has 3 aliphatic heterocycles. The summed E-state index contributed by atoms with van der Waals surface area (Å²) in [6.07, 6.45) is 4.33. The number of carbonyl (C=O) groups excluding carboxylic acids is 1. The van der Waals surface area contributed by atoms with E-state index in [0.29, 0.717) is 50.3 Å². The van der Waals surface area contributed by atoms with Crippen LogP contribution in [0.2, 0.25) is 5.02 Å². The molecule has 0 radical (unpaired) electrons. The fourth-order valence-corrected chi connectivity index (χ4v) is 6.60. The fourth-order valence-electron chi connectivity index (χ4n) is 6.26. The van der Waals surface area contributed by atoms with Gasteiger partial charge >= 0.3 is 0 Å². The minimum atomic E-state index is -0.0609. The molecular weight excluding hydrogens is 512 g/mol. The maximum Gasteiger partial charge on any atom is 0.246 e. The van der Waals surface area contributed by atoms with Gasteiger partial charge in [0.2, 0.25) is 11.8 Å². The number of likely N-dealkylation sites (tertiary alicyclic amines) is 1. The average molecular weight is 549 g/mol. The van der Waals surface area contributed by atoms with E-state index in [0.717, 1.165) is 65.6 Å². The van der Waals surface area contributed by atoms with Crippen molar-refractivity contribution in [1.29, 1.82) is 5.26 Å². The van der Waals surface area contributed by atoms with Gasteiger partial charge in [0.15, 0.2) is 0 Å². The van der Waals surface area contributed by atoms with Crippen LogP contribution in [-0.2, 0) is 17.8 Å². The minimum absolute atomic E-state index is 0.0268. The molecule has 1 amide bonds. The number of fused-ring (bicyclic) bond motifs is 1. The highest BCUT2D eigenvalue weighted by atomic mass is 35.5. The Kier molecular flexibility index (Phi) is 8.01. The number of benzene rings is 1. The SMILES string of the molecule is C=CC(=O)N1CCN(c2c(C#N)c(OC[C@@H]3CCCN3C)nc3c2CCN(c2c(C)cccc2Cl)C3)[C@@H](C)C1. The van der Waals surface area contributed by atoms with Gasteiger partial charge in [0.05, 0.1) is 28.6 Å². The van der Waals surface area contributed by atoms with E-state index in [9.17, 15) is 10.1 Å². The van der Waals surface area contributed by atoms with Crippen LogP contribution in [0.4, 0.5) is 11.4 Å². The molecule has 1 aromatic heterocycles. The Morgan fingerprint density at radius 1 is 1.28 bits per heavy atom. The highest BCUT2D eigenvalue weighted by molar-refractivity contribution is 6.33. The molecular formula is C30H37ClN6O2. The normalized spacial score (nSPS) is 21.5. The first-order valence-corrected chi connectivity index (χ1v) is 14.2. The van der Waals surface area contributed by atoms with Gasteiger partial charge in [-0.15, -0.1) is 0 Å². The van der Waals surface area contributed by atoms with E-state index in [1.807, 2.05) is 17.0 Å². The highest BCUT2D eigenvalue weighted by Crippen LogP contribution is 2.40. The predicted octanol–water partition coefficient (Wildman–Crippen LogP) is 4.17. The third kappa shape index (κ3) is 5.30. The van der Waals surface area contributed by atoms with E-state index in [-0.39, 0.29) is 11.9 Å². The number of aryl methyl sites for hydroxylation is 1. The van der Waals surface area contributed by atoms with E-state index in [1.165, 1.54) is 6.08 Å². The summed E-state index contributed by atoms with van der Waals surface area (Å²) in [6.45, 7) is 12.5. The van der Waals surface area contributed by atoms with Crippen molar-refractivity contribution >= 4 is 28.9 Å². The molecule has 0 bridgehead atoms. The van der Waals surface area contributed by atoms with Crippen molar-refractivity contribution in [3.8, 4) is 11.9 Å². The zero-order chi connectivity index (χ0) is 27.7. The molecule has 5 rings (SSSR count). The van der Waals surface area contributed by atoms with E-state index in [4.69, 9.17) is 21.3 Å². The van der Waals surface area contributed by atoms with E-state index < -0.39 is 0 Å². The number of pyridine rings is 1. The molecule has 0 N–H and O–H groups in total. The van der Waals surface area contributed by atoms with Gasteiger partial charge in [0, 0.05) is 43.8 Å². The number of carbonyl (C=O) groups is 1. The number of nitriles is 1. The van der Waals surface area contributed by atoms with Crippen molar-refractivity contribution in [2.24, 2.45) is 0 Å². The lowest BCUT2D eigenvalue weighted by Gasteiger charge is -2.43. The van der Waals surface area contributed by atoms with Crippen LogP contribution in [0.5, 0.6) is 5.88 Å². The van der Waals surface area contributed by atoms with Gasteiger partial charge in [-0.05, 0) is 64.4 Å². The van der Waals surface area contributed by atoms with Crippen molar-refractivity contribution in [1.82, 2.24) is 14.8 Å². The second kappa shape index (κ2) is 11.4. The van der Waals surface area contributed by atoms with Crippen LogP contribution in [0.1, 0.15) is 42.1 Å². The lowest BCUT2D eigenvalue weighted by molar-refractivity contribution is -0.126. The number of likely N-dealkylation sites (N-methyl/N-ethyl adjacent to an activating group) is 1. The standard InChI is InChI=1S/C30H37ClN6O2/c1-5-27(38)35-14-15-37(21(3)17-35)29-23-11-13-36(28-20(2)8-6-10-25(28)31)18-26(23)33-30(24(29)16-32)39-19-22-9-7-12-34(22)4/h5-6,8,10,21-22H,1,7,9,11-15,17-19H2,2-4H3/t21-,22-/m0/s1. The predicted molar refractivity (Wildman–Crippen MR) is 155 cm³/mol. The maximum absolute atomic E-state index is 12.3. The lowest BCUT2D eigenvalue weighted by Crippen LogP contribution is -2.54. The molecule has 3 aliphatic rings. The zero-order valence-corrected chi connectivity index (χ0v) is 23.9. The fraction of sp³-hybridized carbons (Fsp3) is 0.500. The first-order chi connectivity index (χ1) is 18.8. The third-order valence-electron chi connectivity index (χ3n) is 8.40. The molecule has 2 fully saturated rings. The van der Waals surface area contributed by atoms with Crippen LogP contribution in [0.3, 0.4) is 0 Å². The first kappa shape index (κ1) is 27.3. The molecule has 0 aliphatic carbocycles. The largest absolute Gasteiger partial charge is 0.475 e. The Morgan fingerprint density at radius 2 is 2.10 bits per heavy atom. The zero-order valence-electron chi connectivity index (χ0n) is 23.1. The monoisotopic (exact) mass is 548 g/mol. The number of rotatable bonds is 6. The summed E-state index contributed by atoms with van der Waals surface area (Å²) in [4.78, 5) is 26.0. The summed E-state index contributed by atoms with van der Waals surface area (Å²) in [5.41, 5.74) is 5.56. The second-order valence-corrected chi connectivity index (χ2v) is 11.3. The number of para-hydroxylation sites is 1. The van der Waals surface area contributed by atoms with Gasteiger partial charge in [-0.2, -0.15) is 5.26 Å². The van der Waals surface area contributed by atoms with Gasteiger partial charge in [-0.3, -0.25) is 4.79 Å². The number of hydrogen-bond donors (Lipinski definition) is 0. The first-order valence-electron chi connectivity index (χ1n) is 13.8. The van der Waals surface area contributed by atoms with Crippen molar-refractivity contribution in [2.75, 3.05) is 56.2 Å². The Hall–Kier alpha value is -3.28. The summed E-state index contributed by atoms with van der Waals surface area (Å²) in [5, 5.41) is 11.2. The van der Waals surface area contributed by atoms with Crippen molar-refractivity contribution in [3.05, 3.63) is 58.3 Å². The molecule has 206 valence electrons. The maximum atomic E-state index is 12.3. The molecule has 0 unspecified atom stereocenters. The van der Waals surface area contributed by atoms with Crippen molar-refractivity contribution in [2.45, 2.75) is 51.7 Å². The van der Waals surface area contributed by atoms with E-state index in [2.05, 4.69) is 54.3 Å². The molecule has 9 heteroatoms. The van der Waals surface area contributed by atoms with E-state index in [1.54, 1.807) is 0 Å². The van der Waals surface area contributed by atoms with Crippen LogP contribution < -0.4 is 14.5 Å². The Labute approximate surface area is 236 Å². The Bertz CT molecular complexity index is 1290. The summed E-state index contributed by atoms with van der Waals surface area (Å²) >= 11 is 6.65. The van der Waals surface area contributed by atoms with Gasteiger partial charge in [0.1, 0.15) is 18.2 Å². The van der Waals surface area contributed by atoms with Crippen LogP contribution in [-0.4, -0.2) is 79.2 Å². The number of anilines is 2. The molecule has 2 aromatic rings. The van der Waals surface area contributed by atoms with Crippen molar-refractivity contribution < 1.29 is 9.53 Å². The molecule has 8 nitrogen and oxygen atoms in total. The van der Waals surface area contributed by atoms with Gasteiger partial charge in [0.25, 0.3) is 0 Å². The summed E-state index contributed by atoms with van der Waals surface area (Å²) in [5.74, 6) is 0.343. The molecule has 0 spiro atoms. The molecule has 0 saturated carbocycles. The lowest BCUT2D eigenvalue weighted by atomic mass is 9.96. The number of aromatic nitrogens is 1. The minimum Gasteiger partial charge on any atom is -0.475 e.